The molecule has 1 nitrogen and oxygen atoms in total. The molecule has 0 amide bonds. The molecule has 1 aliphatic carbocycles. The van der Waals surface area contributed by atoms with Crippen molar-refractivity contribution in [2.45, 2.75) is 18.9 Å². The first-order valence-corrected chi connectivity index (χ1v) is 4.75. The molecule has 0 aromatic heterocycles. The zero-order valence-corrected chi connectivity index (χ0v) is 8.76. The summed E-state index contributed by atoms with van der Waals surface area (Å²) >= 11 is 0. The summed E-state index contributed by atoms with van der Waals surface area (Å²) in [4.78, 5) is 2.01. The fraction of sp³-hybridized carbons (Fsp3) is 0.500. The molecule has 0 saturated carbocycles. The number of nitrogens with zero attached hydrogens (tertiary/aromatic N) is 1. The van der Waals surface area contributed by atoms with Crippen molar-refractivity contribution in [1.82, 2.24) is 4.90 Å². The van der Waals surface area contributed by atoms with Crippen molar-refractivity contribution in [3.63, 3.8) is 0 Å². The highest BCUT2D eigenvalue weighted by Gasteiger charge is 2.26. The quantitative estimate of drug-likeness (QED) is 0.621. The highest BCUT2D eigenvalue weighted by molar-refractivity contribution is 5.40. The number of hydrogen-bond acceptors (Lipinski definition) is 1. The van der Waals surface area contributed by atoms with Crippen molar-refractivity contribution in [1.29, 1.82) is 0 Å². The van der Waals surface area contributed by atoms with E-state index in [4.69, 9.17) is 6.42 Å². The van der Waals surface area contributed by atoms with Gasteiger partial charge < -0.3 is 0 Å². The van der Waals surface area contributed by atoms with E-state index >= 15 is 0 Å². The van der Waals surface area contributed by atoms with E-state index in [0.717, 1.165) is 12.0 Å². The minimum absolute atomic E-state index is 0.0908. The Morgan fingerprint density at radius 3 is 2.86 bits per heavy atom. The van der Waals surface area contributed by atoms with E-state index in [9.17, 15) is 4.39 Å². The second-order valence-electron chi connectivity index (χ2n) is 3.81. The van der Waals surface area contributed by atoms with Crippen molar-refractivity contribution < 1.29 is 4.39 Å². The summed E-state index contributed by atoms with van der Waals surface area (Å²) in [6, 6.07) is 0. The summed E-state index contributed by atoms with van der Waals surface area (Å²) in [5, 5.41) is 0. The van der Waals surface area contributed by atoms with Crippen LogP contribution in [0.4, 0.5) is 4.39 Å². The molecule has 1 aliphatic rings. The maximum absolute atomic E-state index is 12.2. The average molecular weight is 193 g/mol. The number of allylic oxidation sites excluding steroid dienone is 2. The van der Waals surface area contributed by atoms with Crippen LogP contribution in [0.25, 0.3) is 0 Å². The van der Waals surface area contributed by atoms with Gasteiger partial charge in [0.1, 0.15) is 6.67 Å². The van der Waals surface area contributed by atoms with Gasteiger partial charge in [-0.05, 0) is 26.5 Å². The Kier molecular flexibility index (Phi) is 3.49. The largest absolute Gasteiger partial charge is 0.295 e. The van der Waals surface area contributed by atoms with Crippen LogP contribution in [0, 0.1) is 12.3 Å². The Bertz CT molecular complexity index is 298. The second-order valence-corrected chi connectivity index (χ2v) is 3.81. The molecule has 0 N–H and O–H groups in total. The Hall–Kier alpha value is -1.07. The molecule has 0 heterocycles. The molecule has 0 fully saturated rings. The van der Waals surface area contributed by atoms with Crippen molar-refractivity contribution in [3.05, 3.63) is 23.8 Å². The van der Waals surface area contributed by atoms with E-state index in [2.05, 4.69) is 18.9 Å². The molecular formula is C12H16FN. The normalized spacial score (nSPS) is 26.1. The first kappa shape index (κ1) is 11.0. The Balaban J connectivity index is 2.69. The molecule has 0 spiro atoms. The standard InChI is InChI=1S/C12H16FN/c1-4-11-5-7-12(2,8-6-11)14(3)10-9-13/h1,5-7H,8-10H2,2-3H3. The molecule has 14 heavy (non-hydrogen) atoms. The first-order valence-electron chi connectivity index (χ1n) is 4.75. The number of alkyl halides is 1. The van der Waals surface area contributed by atoms with Crippen LogP contribution in [0.5, 0.6) is 0 Å². The van der Waals surface area contributed by atoms with Crippen molar-refractivity contribution >= 4 is 0 Å². The highest BCUT2D eigenvalue weighted by Crippen LogP contribution is 2.25. The zero-order chi connectivity index (χ0) is 10.6. The monoisotopic (exact) mass is 193 g/mol. The molecule has 0 bridgehead atoms. The van der Waals surface area contributed by atoms with Gasteiger partial charge in [0.25, 0.3) is 0 Å². The van der Waals surface area contributed by atoms with Crippen molar-refractivity contribution in [3.8, 4) is 12.3 Å². The van der Waals surface area contributed by atoms with Crippen LogP contribution in [0.2, 0.25) is 0 Å². The molecule has 1 rings (SSSR count). The summed E-state index contributed by atoms with van der Waals surface area (Å²) in [5.74, 6) is 2.59. The molecule has 2 heteroatoms. The maximum Gasteiger partial charge on any atom is 0.102 e. The number of halogens is 1. The van der Waals surface area contributed by atoms with Crippen LogP contribution < -0.4 is 0 Å². The third-order valence-electron chi connectivity index (χ3n) is 2.82. The topological polar surface area (TPSA) is 3.24 Å². The van der Waals surface area contributed by atoms with Gasteiger partial charge in [-0.2, -0.15) is 0 Å². The van der Waals surface area contributed by atoms with Crippen LogP contribution in [0.3, 0.4) is 0 Å². The molecule has 1 unspecified atom stereocenters. The molecule has 0 aromatic rings. The van der Waals surface area contributed by atoms with Gasteiger partial charge in [0, 0.05) is 17.7 Å². The van der Waals surface area contributed by atoms with Crippen LogP contribution in [0.1, 0.15) is 13.3 Å². The van der Waals surface area contributed by atoms with Crippen LogP contribution in [0.15, 0.2) is 23.8 Å². The van der Waals surface area contributed by atoms with E-state index in [1.807, 2.05) is 24.1 Å². The lowest BCUT2D eigenvalue weighted by Crippen LogP contribution is -2.43. The molecule has 76 valence electrons. The lowest BCUT2D eigenvalue weighted by Gasteiger charge is -2.36. The molecule has 1 atom stereocenters. The fourth-order valence-corrected chi connectivity index (χ4v) is 1.49. The van der Waals surface area contributed by atoms with Gasteiger partial charge in [-0.3, -0.25) is 4.90 Å². The lowest BCUT2D eigenvalue weighted by molar-refractivity contribution is 0.172. The van der Waals surface area contributed by atoms with Crippen LogP contribution in [-0.2, 0) is 0 Å². The number of rotatable bonds is 3. The van der Waals surface area contributed by atoms with Crippen LogP contribution >= 0.6 is 0 Å². The summed E-state index contributed by atoms with van der Waals surface area (Å²) < 4.78 is 12.2. The van der Waals surface area contributed by atoms with Gasteiger partial charge in [0.2, 0.25) is 0 Å². The fourth-order valence-electron chi connectivity index (χ4n) is 1.49. The minimum Gasteiger partial charge on any atom is -0.295 e. The summed E-state index contributed by atoms with van der Waals surface area (Å²) in [7, 11) is 1.93. The Labute approximate surface area is 85.3 Å². The van der Waals surface area contributed by atoms with Gasteiger partial charge >= 0.3 is 0 Å². The average Bonchev–Trinajstić information content (AvgIpc) is 2.19. The van der Waals surface area contributed by atoms with Crippen LogP contribution in [-0.4, -0.2) is 30.7 Å². The summed E-state index contributed by atoms with van der Waals surface area (Å²) in [5.41, 5.74) is 0.822. The molecule has 0 aliphatic heterocycles. The zero-order valence-electron chi connectivity index (χ0n) is 8.76. The predicted octanol–water partition coefficient (Wildman–Crippen LogP) is 2.17. The van der Waals surface area contributed by atoms with E-state index in [0.29, 0.717) is 6.54 Å². The van der Waals surface area contributed by atoms with E-state index in [-0.39, 0.29) is 12.2 Å². The van der Waals surface area contributed by atoms with E-state index < -0.39 is 0 Å². The predicted molar refractivity (Wildman–Crippen MR) is 57.7 cm³/mol. The van der Waals surface area contributed by atoms with Gasteiger partial charge in [-0.15, -0.1) is 6.42 Å². The van der Waals surface area contributed by atoms with Crippen molar-refractivity contribution in [2.75, 3.05) is 20.3 Å². The molecule has 0 saturated heterocycles. The second kappa shape index (κ2) is 4.43. The van der Waals surface area contributed by atoms with Crippen molar-refractivity contribution in [2.24, 2.45) is 0 Å². The van der Waals surface area contributed by atoms with E-state index in [1.54, 1.807) is 0 Å². The third kappa shape index (κ3) is 2.24. The Morgan fingerprint density at radius 1 is 1.71 bits per heavy atom. The van der Waals surface area contributed by atoms with Gasteiger partial charge in [0.05, 0.1) is 0 Å². The highest BCUT2D eigenvalue weighted by atomic mass is 19.1. The van der Waals surface area contributed by atoms with Gasteiger partial charge in [0.15, 0.2) is 0 Å². The third-order valence-corrected chi connectivity index (χ3v) is 2.82. The number of terminal acetylenes is 1. The SMILES string of the molecule is C#CC1=CCC(C)(N(C)CCF)C=C1. The van der Waals surface area contributed by atoms with E-state index in [1.165, 1.54) is 0 Å². The smallest absolute Gasteiger partial charge is 0.102 e. The van der Waals surface area contributed by atoms with Gasteiger partial charge in [-0.25, -0.2) is 4.39 Å². The summed E-state index contributed by atoms with van der Waals surface area (Å²) in [6.07, 6.45) is 12.1. The molecular weight excluding hydrogens is 177 g/mol. The first-order chi connectivity index (χ1) is 6.62. The Morgan fingerprint density at radius 2 is 2.43 bits per heavy atom. The maximum atomic E-state index is 12.2. The number of hydrogen-bond donors (Lipinski definition) is 0. The lowest BCUT2D eigenvalue weighted by atomic mass is 9.89. The number of likely N-dealkylation sites (N-methyl/N-ethyl adjacent to an activating group) is 1. The minimum atomic E-state index is -0.314. The van der Waals surface area contributed by atoms with Gasteiger partial charge in [-0.1, -0.05) is 18.1 Å². The molecule has 0 aromatic carbocycles. The molecule has 0 radical (unpaired) electrons. The summed E-state index contributed by atoms with van der Waals surface area (Å²) in [6.45, 7) is 2.23.